The molecule has 0 N–H and O–H groups in total. The lowest BCUT2D eigenvalue weighted by atomic mass is 10.2. The molecule has 0 spiro atoms. The van der Waals surface area contributed by atoms with Crippen molar-refractivity contribution in [1.29, 1.82) is 0 Å². The Morgan fingerprint density at radius 2 is 2.29 bits per heavy atom. The molecule has 0 radical (unpaired) electrons. The molecule has 42 valence electrons. The van der Waals surface area contributed by atoms with Crippen molar-refractivity contribution in [2.45, 2.75) is 25.5 Å². The van der Waals surface area contributed by atoms with Gasteiger partial charge in [-0.15, -0.1) is 6.58 Å². The van der Waals surface area contributed by atoms with Crippen LogP contribution in [0.3, 0.4) is 0 Å². The van der Waals surface area contributed by atoms with Crippen LogP contribution >= 0.6 is 12.6 Å². The Kier molecular flexibility index (Phi) is 3.18. The van der Waals surface area contributed by atoms with Crippen LogP contribution in [0.25, 0.3) is 0 Å². The van der Waals surface area contributed by atoms with Crippen molar-refractivity contribution in [2.24, 2.45) is 0 Å². The summed E-state index contributed by atoms with van der Waals surface area (Å²) in [5.74, 6) is 0. The fourth-order valence-electron chi connectivity index (χ4n) is 0.504. The summed E-state index contributed by atoms with van der Waals surface area (Å²) in [4.78, 5) is 0. The summed E-state index contributed by atoms with van der Waals surface area (Å²) in [5, 5.41) is 0.470. The van der Waals surface area contributed by atoms with E-state index in [2.05, 4.69) is 26.1 Å². The predicted molar refractivity (Wildman–Crippen MR) is 37.9 cm³/mol. The maximum atomic E-state index is 4.18. The lowest BCUT2D eigenvalue weighted by Gasteiger charge is -1.99. The van der Waals surface area contributed by atoms with Crippen molar-refractivity contribution in [1.82, 2.24) is 0 Å². The molecular weight excluding hydrogens is 104 g/mol. The molecular formula is C6H12S. The Morgan fingerprint density at radius 3 is 2.29 bits per heavy atom. The monoisotopic (exact) mass is 116 g/mol. The van der Waals surface area contributed by atoms with Crippen molar-refractivity contribution in [3.63, 3.8) is 0 Å². The van der Waals surface area contributed by atoms with E-state index in [1.807, 2.05) is 6.92 Å². The average molecular weight is 116 g/mol. The van der Waals surface area contributed by atoms with Crippen molar-refractivity contribution in [3.8, 4) is 0 Å². The summed E-state index contributed by atoms with van der Waals surface area (Å²) in [6.07, 6.45) is 1.03. The topological polar surface area (TPSA) is 0 Å². The van der Waals surface area contributed by atoms with Gasteiger partial charge in [-0.2, -0.15) is 12.6 Å². The zero-order valence-corrected chi connectivity index (χ0v) is 5.83. The predicted octanol–water partition coefficient (Wildman–Crippen LogP) is 2.27. The molecule has 1 atom stereocenters. The SMILES string of the molecule is C=C(C)CC(C)S. The van der Waals surface area contributed by atoms with Gasteiger partial charge < -0.3 is 0 Å². The fraction of sp³-hybridized carbons (Fsp3) is 0.667. The van der Waals surface area contributed by atoms with Crippen LogP contribution in [-0.4, -0.2) is 5.25 Å². The Hall–Kier alpha value is 0.0900. The number of rotatable bonds is 2. The zero-order chi connectivity index (χ0) is 5.86. The van der Waals surface area contributed by atoms with Gasteiger partial charge >= 0.3 is 0 Å². The quantitative estimate of drug-likeness (QED) is 0.415. The minimum atomic E-state index is 0.470. The molecule has 0 rings (SSSR count). The van der Waals surface area contributed by atoms with Crippen molar-refractivity contribution < 1.29 is 0 Å². The molecule has 7 heavy (non-hydrogen) atoms. The van der Waals surface area contributed by atoms with Gasteiger partial charge in [-0.05, 0) is 13.3 Å². The van der Waals surface area contributed by atoms with Crippen LogP contribution < -0.4 is 0 Å². The molecule has 0 aromatic carbocycles. The van der Waals surface area contributed by atoms with Gasteiger partial charge in [-0.3, -0.25) is 0 Å². The highest BCUT2D eigenvalue weighted by Crippen LogP contribution is 2.05. The number of allylic oxidation sites excluding steroid dienone is 1. The third-order valence-electron chi connectivity index (χ3n) is 0.644. The largest absolute Gasteiger partial charge is 0.176 e. The third-order valence-corrected chi connectivity index (χ3v) is 0.826. The summed E-state index contributed by atoms with van der Waals surface area (Å²) >= 11 is 4.18. The zero-order valence-electron chi connectivity index (χ0n) is 4.94. The van der Waals surface area contributed by atoms with Gasteiger partial charge in [0.15, 0.2) is 0 Å². The third kappa shape index (κ3) is 6.09. The van der Waals surface area contributed by atoms with Crippen LogP contribution in [0.4, 0.5) is 0 Å². The van der Waals surface area contributed by atoms with Crippen LogP contribution in [-0.2, 0) is 0 Å². The first kappa shape index (κ1) is 7.09. The van der Waals surface area contributed by atoms with Gasteiger partial charge in [0, 0.05) is 5.25 Å². The van der Waals surface area contributed by atoms with Gasteiger partial charge in [-0.1, -0.05) is 12.5 Å². The normalized spacial score (nSPS) is 13.6. The molecule has 0 saturated carbocycles. The van der Waals surface area contributed by atoms with Crippen LogP contribution in [0.2, 0.25) is 0 Å². The molecule has 0 aliphatic heterocycles. The van der Waals surface area contributed by atoms with Crippen molar-refractivity contribution >= 4 is 12.6 Å². The molecule has 0 heterocycles. The second kappa shape index (κ2) is 3.14. The van der Waals surface area contributed by atoms with Gasteiger partial charge in [0.2, 0.25) is 0 Å². The molecule has 0 aliphatic rings. The van der Waals surface area contributed by atoms with E-state index in [0.29, 0.717) is 5.25 Å². The highest BCUT2D eigenvalue weighted by molar-refractivity contribution is 7.80. The Balaban J connectivity index is 3.13. The Morgan fingerprint density at radius 1 is 1.86 bits per heavy atom. The molecule has 0 aromatic rings. The highest BCUT2D eigenvalue weighted by Gasteiger charge is 1.91. The smallest absolute Gasteiger partial charge is 0.00254 e. The molecule has 0 bridgehead atoms. The lowest BCUT2D eigenvalue weighted by Crippen LogP contribution is -1.88. The summed E-state index contributed by atoms with van der Waals surface area (Å²) in [6, 6.07) is 0. The average Bonchev–Trinajstić information content (AvgIpc) is 1.27. The van der Waals surface area contributed by atoms with E-state index in [4.69, 9.17) is 0 Å². The maximum absolute atomic E-state index is 4.18. The summed E-state index contributed by atoms with van der Waals surface area (Å²) in [5.41, 5.74) is 1.21. The van der Waals surface area contributed by atoms with E-state index in [0.717, 1.165) is 6.42 Å². The van der Waals surface area contributed by atoms with Crippen LogP contribution in [0, 0.1) is 0 Å². The summed E-state index contributed by atoms with van der Waals surface area (Å²) < 4.78 is 0. The molecule has 0 amide bonds. The van der Waals surface area contributed by atoms with Crippen molar-refractivity contribution in [2.75, 3.05) is 0 Å². The van der Waals surface area contributed by atoms with Crippen LogP contribution in [0.1, 0.15) is 20.3 Å². The van der Waals surface area contributed by atoms with Crippen molar-refractivity contribution in [3.05, 3.63) is 12.2 Å². The molecule has 1 heteroatoms. The maximum Gasteiger partial charge on any atom is 0.00254 e. The van der Waals surface area contributed by atoms with Crippen LogP contribution in [0.5, 0.6) is 0 Å². The second-order valence-electron chi connectivity index (χ2n) is 2.01. The molecule has 0 fully saturated rings. The number of hydrogen-bond acceptors (Lipinski definition) is 1. The van der Waals surface area contributed by atoms with E-state index in [9.17, 15) is 0 Å². The second-order valence-corrected chi connectivity index (χ2v) is 2.89. The summed E-state index contributed by atoms with van der Waals surface area (Å²) in [7, 11) is 0. The Bertz CT molecular complexity index is 64.6. The lowest BCUT2D eigenvalue weighted by molar-refractivity contribution is 0.937. The van der Waals surface area contributed by atoms with Crippen LogP contribution in [0.15, 0.2) is 12.2 Å². The fourth-order valence-corrected chi connectivity index (χ4v) is 0.816. The molecule has 0 aromatic heterocycles. The highest BCUT2D eigenvalue weighted by atomic mass is 32.1. The van der Waals surface area contributed by atoms with E-state index in [1.54, 1.807) is 0 Å². The van der Waals surface area contributed by atoms with E-state index < -0.39 is 0 Å². The Labute approximate surface area is 51.0 Å². The van der Waals surface area contributed by atoms with E-state index in [1.165, 1.54) is 5.57 Å². The number of hydrogen-bond donors (Lipinski definition) is 1. The molecule has 0 saturated heterocycles. The number of thiol groups is 1. The molecule has 0 aliphatic carbocycles. The summed E-state index contributed by atoms with van der Waals surface area (Å²) in [6.45, 7) is 7.83. The van der Waals surface area contributed by atoms with Gasteiger partial charge in [-0.25, -0.2) is 0 Å². The molecule has 1 unspecified atom stereocenters. The first-order chi connectivity index (χ1) is 3.13. The minimum absolute atomic E-state index is 0.470. The van der Waals surface area contributed by atoms with E-state index >= 15 is 0 Å². The first-order valence-electron chi connectivity index (χ1n) is 2.45. The first-order valence-corrected chi connectivity index (χ1v) is 2.97. The van der Waals surface area contributed by atoms with Gasteiger partial charge in [0.25, 0.3) is 0 Å². The van der Waals surface area contributed by atoms with Gasteiger partial charge in [0.1, 0.15) is 0 Å². The van der Waals surface area contributed by atoms with Gasteiger partial charge in [0.05, 0.1) is 0 Å². The standard InChI is InChI=1S/C6H12S/c1-5(2)4-6(3)7/h6-7H,1,4H2,2-3H3. The minimum Gasteiger partial charge on any atom is -0.176 e. The van der Waals surface area contributed by atoms with E-state index in [-0.39, 0.29) is 0 Å². The molecule has 0 nitrogen and oxygen atoms in total.